The molecule has 0 aromatic heterocycles. The van der Waals surface area contributed by atoms with E-state index in [1.165, 1.54) is 257 Å². The van der Waals surface area contributed by atoms with Gasteiger partial charge in [0.2, 0.25) is 0 Å². The summed E-state index contributed by atoms with van der Waals surface area (Å²) in [6.07, 6.45) is 91.3. The van der Waals surface area contributed by atoms with Crippen LogP contribution in [0.3, 0.4) is 0 Å². The summed E-state index contributed by atoms with van der Waals surface area (Å²) in [5.74, 6) is -0.865. The number of allylic oxidation sites excluding steroid dienone is 10. The summed E-state index contributed by atoms with van der Waals surface area (Å²) >= 11 is 0. The molecule has 1 atom stereocenters. The third-order valence-corrected chi connectivity index (χ3v) is 16.3. The first kappa shape index (κ1) is 79.1. The molecule has 0 aromatic rings. The van der Waals surface area contributed by atoms with E-state index in [0.717, 1.165) is 89.9 Å². The van der Waals surface area contributed by atoms with Crippen LogP contribution in [0.1, 0.15) is 387 Å². The normalized spacial score (nSPS) is 12.4. The highest BCUT2D eigenvalue weighted by Crippen LogP contribution is 2.19. The van der Waals surface area contributed by atoms with Crippen molar-refractivity contribution in [2.45, 2.75) is 393 Å². The summed E-state index contributed by atoms with van der Waals surface area (Å²) in [5.41, 5.74) is 0. The van der Waals surface area contributed by atoms with Gasteiger partial charge in [0.25, 0.3) is 0 Å². The average molecular weight is 1150 g/mol. The predicted molar refractivity (Wildman–Crippen MR) is 358 cm³/mol. The minimum Gasteiger partial charge on any atom is -0.462 e. The van der Waals surface area contributed by atoms with Crippen LogP contribution in [0.4, 0.5) is 0 Å². The molecule has 0 N–H and O–H groups in total. The van der Waals surface area contributed by atoms with Gasteiger partial charge in [0, 0.05) is 19.3 Å². The molecule has 0 saturated carbocycles. The Hall–Kier alpha value is -2.89. The number of esters is 3. The Morgan fingerprint density at radius 3 is 0.780 bits per heavy atom. The van der Waals surface area contributed by atoms with Crippen LogP contribution in [0, 0.1) is 0 Å². The lowest BCUT2D eigenvalue weighted by Gasteiger charge is -2.18. The number of carbonyl (C=O) groups is 3. The van der Waals surface area contributed by atoms with Crippen molar-refractivity contribution in [2.75, 3.05) is 13.2 Å². The molecule has 0 amide bonds. The fraction of sp³-hybridized carbons (Fsp3) is 0.829. The van der Waals surface area contributed by atoms with Gasteiger partial charge >= 0.3 is 17.9 Å². The smallest absolute Gasteiger partial charge is 0.306 e. The maximum absolute atomic E-state index is 12.9. The van der Waals surface area contributed by atoms with Crippen LogP contribution in [0.15, 0.2) is 60.8 Å². The van der Waals surface area contributed by atoms with E-state index in [-0.39, 0.29) is 31.1 Å². The molecular formula is C76H138O6. The van der Waals surface area contributed by atoms with E-state index in [4.69, 9.17) is 14.2 Å². The third-order valence-electron chi connectivity index (χ3n) is 16.3. The molecule has 0 saturated heterocycles. The van der Waals surface area contributed by atoms with E-state index < -0.39 is 6.10 Å². The van der Waals surface area contributed by atoms with Crippen LogP contribution in [0.2, 0.25) is 0 Å². The predicted octanol–water partition coefficient (Wildman–Crippen LogP) is 25.1. The van der Waals surface area contributed by atoms with Gasteiger partial charge in [-0.05, 0) is 83.5 Å². The molecule has 1 unspecified atom stereocenters. The van der Waals surface area contributed by atoms with Gasteiger partial charge in [0.15, 0.2) is 6.10 Å². The minimum atomic E-state index is -0.780. The molecular weight excluding hydrogens is 1010 g/mol. The summed E-state index contributed by atoms with van der Waals surface area (Å²) in [6.45, 7) is 6.56. The van der Waals surface area contributed by atoms with Crippen LogP contribution in [0.5, 0.6) is 0 Å². The maximum Gasteiger partial charge on any atom is 0.306 e. The number of ether oxygens (including phenoxy) is 3. The summed E-state index contributed by atoms with van der Waals surface area (Å²) in [6, 6.07) is 0. The molecule has 0 aromatic carbocycles. The molecule has 6 nitrogen and oxygen atoms in total. The Labute approximate surface area is 510 Å². The molecule has 0 bridgehead atoms. The molecule has 0 spiro atoms. The zero-order valence-corrected chi connectivity index (χ0v) is 55.0. The second-order valence-electron chi connectivity index (χ2n) is 24.5. The van der Waals surface area contributed by atoms with Crippen molar-refractivity contribution >= 4 is 17.9 Å². The Kier molecular flexibility index (Phi) is 68.1. The molecule has 0 aliphatic rings. The van der Waals surface area contributed by atoms with Crippen molar-refractivity contribution < 1.29 is 28.6 Å². The van der Waals surface area contributed by atoms with Crippen molar-refractivity contribution in [3.8, 4) is 0 Å². The highest BCUT2D eigenvalue weighted by atomic mass is 16.6. The minimum absolute atomic E-state index is 0.0745. The first-order valence-electron chi connectivity index (χ1n) is 36.3. The fourth-order valence-corrected chi connectivity index (χ4v) is 10.8. The summed E-state index contributed by atoms with van der Waals surface area (Å²) in [5, 5.41) is 0. The summed E-state index contributed by atoms with van der Waals surface area (Å²) in [4.78, 5) is 38.4. The zero-order valence-electron chi connectivity index (χ0n) is 55.0. The van der Waals surface area contributed by atoms with Crippen LogP contribution >= 0.6 is 0 Å². The second kappa shape index (κ2) is 70.6. The van der Waals surface area contributed by atoms with Gasteiger partial charge in [0.05, 0.1) is 0 Å². The number of unbranched alkanes of at least 4 members (excludes halogenated alkanes) is 46. The Balaban J connectivity index is 4.18. The zero-order chi connectivity index (χ0) is 59.2. The van der Waals surface area contributed by atoms with Gasteiger partial charge in [-0.3, -0.25) is 14.4 Å². The third kappa shape index (κ3) is 67.9. The Morgan fingerprint density at radius 2 is 0.476 bits per heavy atom. The highest BCUT2D eigenvalue weighted by Gasteiger charge is 2.19. The fourth-order valence-electron chi connectivity index (χ4n) is 10.8. The van der Waals surface area contributed by atoms with Crippen molar-refractivity contribution in [2.24, 2.45) is 0 Å². The summed E-state index contributed by atoms with van der Waals surface area (Å²) in [7, 11) is 0. The standard InChI is InChI=1S/C76H138O6/c1-4-7-10-13-16-19-22-25-27-29-31-33-35-36-37-38-39-40-42-43-45-47-49-51-54-57-60-63-66-69-75(78)81-72-73(71-80-74(77)68-65-62-59-56-53-24-21-18-15-12-9-6-3)82-76(79)70-67-64-61-58-55-52-50-48-46-44-41-34-32-30-28-26-23-20-17-14-11-8-5-2/h8,11,17-18,20-21,26,28,32,34,73H,4-7,9-10,12-16,19,22-25,27,29-31,33,35-72H2,1-3H3/b11-8-,20-17-,21-18-,28-26-,34-32-. The van der Waals surface area contributed by atoms with Gasteiger partial charge in [-0.15, -0.1) is 0 Å². The van der Waals surface area contributed by atoms with Gasteiger partial charge in [0.1, 0.15) is 13.2 Å². The largest absolute Gasteiger partial charge is 0.462 e. The summed E-state index contributed by atoms with van der Waals surface area (Å²) < 4.78 is 17.0. The van der Waals surface area contributed by atoms with Crippen molar-refractivity contribution in [1.82, 2.24) is 0 Å². The average Bonchev–Trinajstić information content (AvgIpc) is 3.47. The molecule has 82 heavy (non-hydrogen) atoms. The van der Waals surface area contributed by atoms with Crippen LogP contribution in [0.25, 0.3) is 0 Å². The lowest BCUT2D eigenvalue weighted by molar-refractivity contribution is -0.167. The van der Waals surface area contributed by atoms with Gasteiger partial charge in [-0.1, -0.05) is 345 Å². The van der Waals surface area contributed by atoms with Crippen LogP contribution in [-0.4, -0.2) is 37.2 Å². The molecule has 478 valence electrons. The number of rotatable bonds is 67. The van der Waals surface area contributed by atoms with E-state index in [9.17, 15) is 14.4 Å². The molecule has 0 aliphatic carbocycles. The highest BCUT2D eigenvalue weighted by molar-refractivity contribution is 5.71. The van der Waals surface area contributed by atoms with E-state index in [0.29, 0.717) is 19.3 Å². The van der Waals surface area contributed by atoms with Crippen LogP contribution < -0.4 is 0 Å². The monoisotopic (exact) mass is 1150 g/mol. The second-order valence-corrected chi connectivity index (χ2v) is 24.5. The molecule has 6 heteroatoms. The topological polar surface area (TPSA) is 78.9 Å². The van der Waals surface area contributed by atoms with Gasteiger partial charge in [-0.25, -0.2) is 0 Å². The maximum atomic E-state index is 12.9. The van der Waals surface area contributed by atoms with Crippen molar-refractivity contribution in [3.05, 3.63) is 60.8 Å². The quantitative estimate of drug-likeness (QED) is 0.0261. The number of carbonyl (C=O) groups excluding carboxylic acids is 3. The molecule has 0 heterocycles. The molecule has 0 radical (unpaired) electrons. The molecule has 0 fully saturated rings. The number of hydrogen-bond donors (Lipinski definition) is 0. The molecule has 0 rings (SSSR count). The number of hydrogen-bond acceptors (Lipinski definition) is 6. The van der Waals surface area contributed by atoms with E-state index in [2.05, 4.69) is 81.5 Å². The first-order valence-corrected chi connectivity index (χ1v) is 36.3. The Bertz CT molecular complexity index is 1460. The lowest BCUT2D eigenvalue weighted by Crippen LogP contribution is -2.30. The first-order chi connectivity index (χ1) is 40.5. The van der Waals surface area contributed by atoms with E-state index in [1.54, 1.807) is 0 Å². The van der Waals surface area contributed by atoms with Gasteiger partial charge < -0.3 is 14.2 Å². The SMILES string of the molecule is CC/C=C\C/C=C\C/C=C\C/C=C\CCCCCCCCCCCCC(=O)OC(COC(=O)CCCCCCC/C=C\CCCCC)COC(=O)CCCCCCCCCCCCCCCCCCCCCCCCCCCCCCC. The van der Waals surface area contributed by atoms with Gasteiger partial charge in [-0.2, -0.15) is 0 Å². The lowest BCUT2D eigenvalue weighted by atomic mass is 10.0. The van der Waals surface area contributed by atoms with Crippen molar-refractivity contribution in [1.29, 1.82) is 0 Å². The van der Waals surface area contributed by atoms with Crippen molar-refractivity contribution in [3.63, 3.8) is 0 Å². The Morgan fingerprint density at radius 1 is 0.256 bits per heavy atom. The van der Waals surface area contributed by atoms with Crippen LogP contribution in [-0.2, 0) is 28.6 Å². The molecule has 0 aliphatic heterocycles. The van der Waals surface area contributed by atoms with E-state index >= 15 is 0 Å². The van der Waals surface area contributed by atoms with E-state index in [1.807, 2.05) is 0 Å².